The van der Waals surface area contributed by atoms with Crippen LogP contribution >= 0.6 is 0 Å². The second-order valence-electron chi connectivity index (χ2n) is 6.74. The molecule has 0 spiro atoms. The average Bonchev–Trinajstić information content (AvgIpc) is 3.07. The van der Waals surface area contributed by atoms with Gasteiger partial charge in [0.15, 0.2) is 5.82 Å². The summed E-state index contributed by atoms with van der Waals surface area (Å²) < 4.78 is 2.05. The van der Waals surface area contributed by atoms with Crippen LogP contribution in [0.5, 0.6) is 0 Å². The number of urea groups is 1. The van der Waals surface area contributed by atoms with Crippen molar-refractivity contribution in [3.8, 4) is 11.4 Å². The predicted molar refractivity (Wildman–Crippen MR) is 101 cm³/mol. The van der Waals surface area contributed by atoms with Crippen molar-refractivity contribution < 1.29 is 4.79 Å². The van der Waals surface area contributed by atoms with E-state index in [1.165, 1.54) is 0 Å². The number of nitrogens with zero attached hydrogens (tertiary/aromatic N) is 4. The van der Waals surface area contributed by atoms with Crippen molar-refractivity contribution in [3.63, 3.8) is 0 Å². The summed E-state index contributed by atoms with van der Waals surface area (Å²) in [6, 6.07) is 16.2. The van der Waals surface area contributed by atoms with Crippen LogP contribution in [0.25, 0.3) is 11.4 Å². The van der Waals surface area contributed by atoms with Gasteiger partial charge in [0.1, 0.15) is 6.33 Å². The molecule has 0 unspecified atom stereocenters. The first-order chi connectivity index (χ1) is 12.6. The molecule has 0 saturated carbocycles. The van der Waals surface area contributed by atoms with E-state index in [0.717, 1.165) is 28.2 Å². The minimum absolute atomic E-state index is 0.0655. The first-order valence-corrected chi connectivity index (χ1v) is 8.70. The molecular formula is C20H21N5O. The maximum absolute atomic E-state index is 12.5. The van der Waals surface area contributed by atoms with Gasteiger partial charge in [-0.2, -0.15) is 0 Å². The summed E-state index contributed by atoms with van der Waals surface area (Å²) in [6.45, 7) is 5.31. The lowest BCUT2D eigenvalue weighted by molar-refractivity contribution is 0.136. The Morgan fingerprint density at radius 3 is 2.65 bits per heavy atom. The molecule has 1 aliphatic rings. The Hall–Kier alpha value is -3.15. The van der Waals surface area contributed by atoms with Gasteiger partial charge in [0, 0.05) is 24.3 Å². The van der Waals surface area contributed by atoms with Crippen LogP contribution in [0, 0.1) is 13.8 Å². The molecule has 1 aromatic heterocycles. The molecule has 0 bridgehead atoms. The van der Waals surface area contributed by atoms with Crippen LogP contribution in [-0.2, 0) is 0 Å². The third-order valence-electron chi connectivity index (χ3n) is 4.78. The third-order valence-corrected chi connectivity index (χ3v) is 4.78. The molecule has 1 fully saturated rings. The predicted octanol–water partition coefficient (Wildman–Crippen LogP) is 3.65. The Bertz CT molecular complexity index is 928. The van der Waals surface area contributed by atoms with Gasteiger partial charge in [0.05, 0.1) is 6.04 Å². The summed E-state index contributed by atoms with van der Waals surface area (Å²) in [5.41, 5.74) is 4.09. The minimum Gasteiger partial charge on any atom is -0.320 e. The molecule has 0 atom stereocenters. The monoisotopic (exact) mass is 347 g/mol. The van der Waals surface area contributed by atoms with Gasteiger partial charge in [0.25, 0.3) is 0 Å². The molecule has 3 aromatic rings. The number of anilines is 1. The maximum Gasteiger partial charge on any atom is 0.321 e. The smallest absolute Gasteiger partial charge is 0.320 e. The Labute approximate surface area is 152 Å². The van der Waals surface area contributed by atoms with Crippen LogP contribution in [0.4, 0.5) is 10.5 Å². The summed E-state index contributed by atoms with van der Waals surface area (Å²) in [5, 5.41) is 11.3. The number of benzene rings is 2. The van der Waals surface area contributed by atoms with E-state index in [1.54, 1.807) is 11.2 Å². The summed E-state index contributed by atoms with van der Waals surface area (Å²) in [7, 11) is 0. The van der Waals surface area contributed by atoms with Gasteiger partial charge in [-0.15, -0.1) is 10.2 Å². The van der Waals surface area contributed by atoms with Crippen molar-refractivity contribution in [3.05, 3.63) is 66.0 Å². The van der Waals surface area contributed by atoms with E-state index >= 15 is 0 Å². The maximum atomic E-state index is 12.5. The number of nitrogens with one attached hydrogen (secondary N) is 1. The lowest BCUT2D eigenvalue weighted by Crippen LogP contribution is -2.52. The largest absolute Gasteiger partial charge is 0.321 e. The van der Waals surface area contributed by atoms with Crippen LogP contribution < -0.4 is 5.32 Å². The lowest BCUT2D eigenvalue weighted by Gasteiger charge is -2.40. The van der Waals surface area contributed by atoms with Crippen molar-refractivity contribution in [2.45, 2.75) is 19.9 Å². The number of rotatable bonds is 3. The van der Waals surface area contributed by atoms with E-state index in [2.05, 4.69) is 20.1 Å². The molecule has 1 saturated heterocycles. The van der Waals surface area contributed by atoms with Crippen LogP contribution in [-0.4, -0.2) is 38.8 Å². The first-order valence-electron chi connectivity index (χ1n) is 8.70. The Morgan fingerprint density at radius 2 is 1.88 bits per heavy atom. The quantitative estimate of drug-likeness (QED) is 0.786. The highest BCUT2D eigenvalue weighted by Crippen LogP contribution is 2.27. The van der Waals surface area contributed by atoms with E-state index in [0.29, 0.717) is 13.1 Å². The Balaban J connectivity index is 1.42. The molecule has 0 aliphatic carbocycles. The zero-order valence-electron chi connectivity index (χ0n) is 14.9. The zero-order chi connectivity index (χ0) is 18.1. The summed E-state index contributed by atoms with van der Waals surface area (Å²) in [6.07, 6.45) is 1.74. The summed E-state index contributed by atoms with van der Waals surface area (Å²) in [4.78, 5) is 14.3. The number of aryl methyl sites for hydroxylation is 2. The second-order valence-corrected chi connectivity index (χ2v) is 6.74. The fourth-order valence-electron chi connectivity index (χ4n) is 3.17. The molecule has 6 heteroatoms. The van der Waals surface area contributed by atoms with Crippen molar-refractivity contribution in [1.29, 1.82) is 0 Å². The third kappa shape index (κ3) is 3.06. The van der Waals surface area contributed by atoms with Gasteiger partial charge in [-0.1, -0.05) is 42.5 Å². The second kappa shape index (κ2) is 6.63. The van der Waals surface area contributed by atoms with Gasteiger partial charge in [-0.3, -0.25) is 0 Å². The molecule has 2 amide bonds. The Morgan fingerprint density at radius 1 is 1.12 bits per heavy atom. The number of hydrogen-bond donors (Lipinski definition) is 1. The molecule has 6 nitrogen and oxygen atoms in total. The van der Waals surface area contributed by atoms with Gasteiger partial charge in [-0.25, -0.2) is 4.79 Å². The molecule has 26 heavy (non-hydrogen) atoms. The Kier molecular flexibility index (Phi) is 4.16. The number of amides is 2. The SMILES string of the molecule is Cc1ccc(C)c(NC(=O)N2CC(n3cnnc3-c3ccccc3)C2)c1. The number of hydrogen-bond acceptors (Lipinski definition) is 3. The highest BCUT2D eigenvalue weighted by atomic mass is 16.2. The molecule has 4 rings (SSSR count). The molecule has 132 valence electrons. The van der Waals surface area contributed by atoms with E-state index in [9.17, 15) is 4.79 Å². The minimum atomic E-state index is -0.0655. The van der Waals surface area contributed by atoms with Gasteiger partial charge < -0.3 is 14.8 Å². The van der Waals surface area contributed by atoms with E-state index < -0.39 is 0 Å². The number of carbonyl (C=O) groups excluding carboxylic acids is 1. The molecule has 1 aliphatic heterocycles. The normalized spacial score (nSPS) is 14.2. The lowest BCUT2D eigenvalue weighted by atomic mass is 10.1. The van der Waals surface area contributed by atoms with Gasteiger partial charge >= 0.3 is 6.03 Å². The topological polar surface area (TPSA) is 63.1 Å². The van der Waals surface area contributed by atoms with E-state index in [4.69, 9.17) is 0 Å². The highest BCUT2D eigenvalue weighted by molar-refractivity contribution is 5.90. The van der Waals surface area contributed by atoms with Crippen molar-refractivity contribution in [2.24, 2.45) is 0 Å². The number of carbonyl (C=O) groups is 1. The fraction of sp³-hybridized carbons (Fsp3) is 0.250. The molecule has 2 heterocycles. The highest BCUT2D eigenvalue weighted by Gasteiger charge is 2.33. The fourth-order valence-corrected chi connectivity index (χ4v) is 3.17. The van der Waals surface area contributed by atoms with Crippen molar-refractivity contribution in [1.82, 2.24) is 19.7 Å². The molecular weight excluding hydrogens is 326 g/mol. The number of aromatic nitrogens is 3. The summed E-state index contributed by atoms with van der Waals surface area (Å²) >= 11 is 0. The summed E-state index contributed by atoms with van der Waals surface area (Å²) in [5.74, 6) is 0.838. The number of likely N-dealkylation sites (tertiary alicyclic amines) is 1. The molecule has 2 aromatic carbocycles. The van der Waals surface area contributed by atoms with Crippen molar-refractivity contribution >= 4 is 11.7 Å². The van der Waals surface area contributed by atoms with Crippen LogP contribution in [0.2, 0.25) is 0 Å². The first kappa shape index (κ1) is 16.3. The van der Waals surface area contributed by atoms with E-state index in [1.807, 2.05) is 62.4 Å². The van der Waals surface area contributed by atoms with Crippen LogP contribution in [0.1, 0.15) is 17.2 Å². The standard InChI is InChI=1S/C20H21N5O/c1-14-8-9-15(2)18(10-14)22-20(26)24-11-17(12-24)25-13-21-23-19(25)16-6-4-3-5-7-16/h3-10,13,17H,11-12H2,1-2H3,(H,22,26). The molecule has 0 radical (unpaired) electrons. The van der Waals surface area contributed by atoms with Gasteiger partial charge in [-0.05, 0) is 31.0 Å². The van der Waals surface area contributed by atoms with Gasteiger partial charge in [0.2, 0.25) is 0 Å². The van der Waals surface area contributed by atoms with Crippen molar-refractivity contribution in [2.75, 3.05) is 18.4 Å². The average molecular weight is 347 g/mol. The zero-order valence-corrected chi connectivity index (χ0v) is 14.9. The van der Waals surface area contributed by atoms with Crippen LogP contribution in [0.15, 0.2) is 54.9 Å². The van der Waals surface area contributed by atoms with Crippen LogP contribution in [0.3, 0.4) is 0 Å². The van der Waals surface area contributed by atoms with E-state index in [-0.39, 0.29) is 12.1 Å². The molecule has 1 N–H and O–H groups in total.